The molecule has 3 nitrogen and oxygen atoms in total. The molecule has 1 N–H and O–H groups in total. The molecule has 0 unspecified atom stereocenters. The van der Waals surface area contributed by atoms with E-state index >= 15 is 0 Å². The number of hydrogen-bond acceptors (Lipinski definition) is 4. The van der Waals surface area contributed by atoms with Crippen molar-refractivity contribution < 1.29 is 0 Å². The minimum Gasteiger partial charge on any atom is -0.376 e. The van der Waals surface area contributed by atoms with E-state index in [1.807, 2.05) is 11.8 Å². The summed E-state index contributed by atoms with van der Waals surface area (Å²) in [6.45, 7) is 1.01. The summed E-state index contributed by atoms with van der Waals surface area (Å²) in [7, 11) is 4.15. The highest BCUT2D eigenvalue weighted by Crippen LogP contribution is 2.42. The maximum Gasteiger partial charge on any atom is 0.161 e. The number of nitrogens with zero attached hydrogens (tertiary/aromatic N) is 2. The molecule has 2 aliphatic rings. The number of rotatable bonds is 2. The van der Waals surface area contributed by atoms with Gasteiger partial charge in [0.15, 0.2) is 5.17 Å². The van der Waals surface area contributed by atoms with E-state index in [1.54, 1.807) is 0 Å². The number of para-hydroxylation sites is 2. The highest BCUT2D eigenvalue weighted by molar-refractivity contribution is 8.14. The maximum atomic E-state index is 4.85. The summed E-state index contributed by atoms with van der Waals surface area (Å²) in [6.07, 6.45) is 6.93. The van der Waals surface area contributed by atoms with Gasteiger partial charge in [-0.15, -0.1) is 0 Å². The van der Waals surface area contributed by atoms with Crippen molar-refractivity contribution in [1.29, 1.82) is 0 Å². The van der Waals surface area contributed by atoms with Gasteiger partial charge >= 0.3 is 0 Å². The Bertz CT molecular complexity index is 519. The average molecular weight is 303 g/mol. The highest BCUT2D eigenvalue weighted by Gasteiger charge is 2.34. The molecule has 0 radical (unpaired) electrons. The lowest BCUT2D eigenvalue weighted by Gasteiger charge is -2.38. The highest BCUT2D eigenvalue weighted by atomic mass is 32.2. The molecule has 0 atom stereocenters. The Morgan fingerprint density at radius 2 is 1.90 bits per heavy atom. The van der Waals surface area contributed by atoms with E-state index in [2.05, 4.69) is 48.6 Å². The number of thioether (sulfide) groups is 1. The standard InChI is InChI=1S/C17H25N3S/c1-20(2)15-9-5-4-8-14(15)19-16-18-12-17(13-21-16)10-6-3-7-11-17/h4-5,8-9H,3,6-7,10-13H2,1-2H3,(H,18,19). The Kier molecular flexibility index (Phi) is 4.43. The summed E-state index contributed by atoms with van der Waals surface area (Å²) in [5.74, 6) is 1.23. The van der Waals surface area contributed by atoms with Crippen LogP contribution in [0.5, 0.6) is 0 Å². The number of hydrogen-bond donors (Lipinski definition) is 1. The SMILES string of the molecule is CN(C)c1ccccc1NC1=NCC2(CCCCC2)CS1. The molecular weight excluding hydrogens is 278 g/mol. The van der Waals surface area contributed by atoms with Gasteiger partial charge in [-0.2, -0.15) is 0 Å². The first-order chi connectivity index (χ1) is 10.2. The fourth-order valence-corrected chi connectivity index (χ4v) is 4.48. The first-order valence-electron chi connectivity index (χ1n) is 7.89. The van der Waals surface area contributed by atoms with Crippen molar-refractivity contribution >= 4 is 28.3 Å². The van der Waals surface area contributed by atoms with Gasteiger partial charge in [0.05, 0.1) is 11.4 Å². The fraction of sp³-hybridized carbons (Fsp3) is 0.588. The number of benzene rings is 1. The minimum atomic E-state index is 0.495. The number of aliphatic imine (C=N–C) groups is 1. The Labute approximate surface area is 132 Å². The molecule has 1 aromatic carbocycles. The quantitative estimate of drug-likeness (QED) is 0.886. The first-order valence-corrected chi connectivity index (χ1v) is 8.88. The lowest BCUT2D eigenvalue weighted by molar-refractivity contribution is 0.232. The van der Waals surface area contributed by atoms with Gasteiger partial charge in [0.1, 0.15) is 0 Å². The molecule has 1 fully saturated rings. The molecule has 0 bridgehead atoms. The van der Waals surface area contributed by atoms with E-state index < -0.39 is 0 Å². The van der Waals surface area contributed by atoms with Crippen molar-refractivity contribution in [3.63, 3.8) is 0 Å². The van der Waals surface area contributed by atoms with Crippen molar-refractivity contribution in [2.24, 2.45) is 10.4 Å². The predicted octanol–water partition coefficient (Wildman–Crippen LogP) is 4.22. The van der Waals surface area contributed by atoms with Gasteiger partial charge in [0.2, 0.25) is 0 Å². The van der Waals surface area contributed by atoms with Crippen molar-refractivity contribution in [3.8, 4) is 0 Å². The average Bonchev–Trinajstić information content (AvgIpc) is 2.51. The number of nitrogens with one attached hydrogen (secondary N) is 1. The van der Waals surface area contributed by atoms with Crippen molar-refractivity contribution in [3.05, 3.63) is 24.3 Å². The van der Waals surface area contributed by atoms with Crippen LogP contribution < -0.4 is 10.2 Å². The monoisotopic (exact) mass is 303 g/mol. The normalized spacial score (nSPS) is 21.0. The second-order valence-corrected chi connectivity index (χ2v) is 7.47. The molecule has 114 valence electrons. The Morgan fingerprint density at radius 1 is 1.14 bits per heavy atom. The van der Waals surface area contributed by atoms with Crippen molar-refractivity contribution in [2.45, 2.75) is 32.1 Å². The molecule has 1 spiro atoms. The van der Waals surface area contributed by atoms with Gasteiger partial charge in [-0.1, -0.05) is 43.2 Å². The molecule has 3 rings (SSSR count). The smallest absolute Gasteiger partial charge is 0.161 e. The number of amidine groups is 1. The second-order valence-electron chi connectivity index (χ2n) is 6.51. The molecule has 1 aliphatic heterocycles. The van der Waals surface area contributed by atoms with E-state index in [-0.39, 0.29) is 0 Å². The summed E-state index contributed by atoms with van der Waals surface area (Å²) in [5, 5.41) is 4.61. The van der Waals surface area contributed by atoms with Crippen molar-refractivity contribution in [2.75, 3.05) is 36.6 Å². The summed E-state index contributed by atoms with van der Waals surface area (Å²) in [5.41, 5.74) is 2.85. The molecule has 1 saturated carbocycles. The molecule has 1 aromatic rings. The van der Waals surface area contributed by atoms with Crippen molar-refractivity contribution in [1.82, 2.24) is 0 Å². The van der Waals surface area contributed by atoms with Gasteiger partial charge in [-0.3, -0.25) is 4.99 Å². The van der Waals surface area contributed by atoms with E-state index in [0.29, 0.717) is 5.41 Å². The minimum absolute atomic E-state index is 0.495. The third kappa shape index (κ3) is 3.37. The van der Waals surface area contributed by atoms with E-state index in [9.17, 15) is 0 Å². The molecule has 0 saturated heterocycles. The summed E-state index contributed by atoms with van der Waals surface area (Å²) < 4.78 is 0. The van der Waals surface area contributed by atoms with Gasteiger partial charge in [-0.05, 0) is 30.4 Å². The predicted molar refractivity (Wildman–Crippen MR) is 94.7 cm³/mol. The van der Waals surface area contributed by atoms with Gasteiger partial charge in [0.25, 0.3) is 0 Å². The summed E-state index contributed by atoms with van der Waals surface area (Å²) in [4.78, 5) is 6.99. The summed E-state index contributed by atoms with van der Waals surface area (Å²) >= 11 is 1.90. The molecule has 1 heterocycles. The van der Waals surface area contributed by atoms with Crippen LogP contribution in [-0.4, -0.2) is 31.6 Å². The second kappa shape index (κ2) is 6.30. The molecule has 0 aromatic heterocycles. The molecule has 0 amide bonds. The zero-order valence-corrected chi connectivity index (χ0v) is 13.9. The van der Waals surface area contributed by atoms with Crippen LogP contribution in [0.2, 0.25) is 0 Å². The van der Waals surface area contributed by atoms with Gasteiger partial charge in [-0.25, -0.2) is 0 Å². The Morgan fingerprint density at radius 3 is 2.57 bits per heavy atom. The van der Waals surface area contributed by atoms with Crippen LogP contribution >= 0.6 is 11.8 Å². The Hall–Kier alpha value is -1.16. The number of anilines is 2. The van der Waals surface area contributed by atoms with E-state index in [4.69, 9.17) is 4.99 Å². The molecule has 21 heavy (non-hydrogen) atoms. The van der Waals surface area contributed by atoms with Crippen LogP contribution in [0.25, 0.3) is 0 Å². The van der Waals surface area contributed by atoms with Crippen LogP contribution in [0.15, 0.2) is 29.3 Å². The third-order valence-corrected chi connectivity index (χ3v) is 5.88. The van der Waals surface area contributed by atoms with E-state index in [0.717, 1.165) is 17.4 Å². The van der Waals surface area contributed by atoms with E-state index in [1.165, 1.54) is 43.5 Å². The van der Waals surface area contributed by atoms with Crippen LogP contribution in [0.3, 0.4) is 0 Å². The third-order valence-electron chi connectivity index (χ3n) is 4.61. The molecule has 1 aliphatic carbocycles. The lowest BCUT2D eigenvalue weighted by atomic mass is 9.75. The van der Waals surface area contributed by atoms with Crippen LogP contribution in [0, 0.1) is 5.41 Å². The Balaban J connectivity index is 1.69. The van der Waals surface area contributed by atoms with Crippen LogP contribution in [-0.2, 0) is 0 Å². The largest absolute Gasteiger partial charge is 0.376 e. The summed E-state index contributed by atoms with van der Waals surface area (Å²) in [6, 6.07) is 8.42. The van der Waals surface area contributed by atoms with Crippen LogP contribution in [0.4, 0.5) is 11.4 Å². The zero-order chi connectivity index (χ0) is 14.7. The molecular formula is C17H25N3S. The zero-order valence-electron chi connectivity index (χ0n) is 13.1. The van der Waals surface area contributed by atoms with Gasteiger partial charge in [0, 0.05) is 26.4 Å². The van der Waals surface area contributed by atoms with Gasteiger partial charge < -0.3 is 10.2 Å². The fourth-order valence-electron chi connectivity index (χ4n) is 3.32. The van der Waals surface area contributed by atoms with Crippen LogP contribution in [0.1, 0.15) is 32.1 Å². The lowest BCUT2D eigenvalue weighted by Crippen LogP contribution is -2.35. The maximum absolute atomic E-state index is 4.85. The topological polar surface area (TPSA) is 27.6 Å². The molecule has 4 heteroatoms. The first kappa shape index (κ1) is 14.8.